The number of hydrogen-bond donors (Lipinski definition) is 0. The third kappa shape index (κ3) is 4.25. The highest BCUT2D eigenvalue weighted by atomic mass is 32.1. The molecule has 0 aliphatic carbocycles. The molecule has 1 aromatic carbocycles. The summed E-state index contributed by atoms with van der Waals surface area (Å²) < 4.78 is 12.7. The lowest BCUT2D eigenvalue weighted by Crippen LogP contribution is -2.19. The zero-order chi connectivity index (χ0) is 20.1. The number of nitrogens with zero attached hydrogens (tertiary/aromatic N) is 2. The van der Waals surface area contributed by atoms with E-state index in [4.69, 9.17) is 9.47 Å². The highest BCUT2D eigenvalue weighted by molar-refractivity contribution is 7.20. The highest BCUT2D eigenvalue weighted by Gasteiger charge is 2.21. The van der Waals surface area contributed by atoms with Crippen LogP contribution in [0.1, 0.15) is 48.3 Å². The van der Waals surface area contributed by atoms with E-state index in [-0.39, 0.29) is 5.56 Å². The third-order valence-electron chi connectivity index (χ3n) is 4.49. The van der Waals surface area contributed by atoms with Gasteiger partial charge in [0.05, 0.1) is 18.3 Å². The van der Waals surface area contributed by atoms with Gasteiger partial charge >= 0.3 is 5.97 Å². The molecule has 0 aliphatic rings. The minimum Gasteiger partial charge on any atom is -0.494 e. The van der Waals surface area contributed by atoms with Gasteiger partial charge in [0.1, 0.15) is 21.2 Å². The minimum absolute atomic E-state index is 0.134. The largest absolute Gasteiger partial charge is 0.494 e. The number of ether oxygens (including phenoxy) is 2. The summed E-state index contributed by atoms with van der Waals surface area (Å²) in [5, 5.41) is 0.483. The molecule has 0 amide bonds. The van der Waals surface area contributed by atoms with Gasteiger partial charge in [0.25, 0.3) is 5.56 Å². The van der Waals surface area contributed by atoms with Crippen molar-refractivity contribution in [1.29, 1.82) is 0 Å². The fourth-order valence-corrected chi connectivity index (χ4v) is 3.89. The first-order chi connectivity index (χ1) is 13.5. The summed E-state index contributed by atoms with van der Waals surface area (Å²) in [5.74, 6) is 0.694. The minimum atomic E-state index is -0.487. The van der Waals surface area contributed by atoms with Crippen LogP contribution in [0.2, 0.25) is 0 Å². The Kier molecular flexibility index (Phi) is 6.46. The molecule has 0 spiro atoms. The van der Waals surface area contributed by atoms with Crippen LogP contribution >= 0.6 is 11.3 Å². The van der Waals surface area contributed by atoms with Gasteiger partial charge in [-0.05, 0) is 50.1 Å². The number of unbranched alkanes of at least 4 members (excludes halogenated alkanes) is 2. The van der Waals surface area contributed by atoms with Crippen molar-refractivity contribution in [3.63, 3.8) is 0 Å². The Hall–Kier alpha value is -2.67. The molecule has 0 saturated heterocycles. The fourth-order valence-electron chi connectivity index (χ4n) is 2.88. The van der Waals surface area contributed by atoms with E-state index < -0.39 is 5.97 Å². The van der Waals surface area contributed by atoms with E-state index in [1.807, 2.05) is 6.92 Å². The molecule has 148 valence electrons. The second-order valence-corrected chi connectivity index (χ2v) is 7.49. The zero-order valence-electron chi connectivity index (χ0n) is 16.4. The number of aryl methyl sites for hydroxylation is 2. The standard InChI is InChI=1S/C21H24N2O4S/c1-4-6-7-12-26-15-8-10-16(11-9-15)27-21(25)18-14(3)17-19(28-18)22-13-23(5-2)20(17)24/h8-11,13H,4-7,12H2,1-3H3. The molecule has 3 rings (SSSR count). The molecule has 0 saturated carbocycles. The SMILES string of the molecule is CCCCCOc1ccc(OC(=O)c2sc3ncn(CC)c(=O)c3c2C)cc1. The molecule has 0 bridgehead atoms. The summed E-state index contributed by atoms with van der Waals surface area (Å²) in [7, 11) is 0. The van der Waals surface area contributed by atoms with Gasteiger partial charge in [-0.3, -0.25) is 9.36 Å². The van der Waals surface area contributed by atoms with Gasteiger partial charge in [-0.25, -0.2) is 9.78 Å². The van der Waals surface area contributed by atoms with Crippen molar-refractivity contribution in [2.24, 2.45) is 0 Å². The van der Waals surface area contributed by atoms with Crippen molar-refractivity contribution in [2.75, 3.05) is 6.61 Å². The van der Waals surface area contributed by atoms with E-state index in [1.165, 1.54) is 22.2 Å². The van der Waals surface area contributed by atoms with Gasteiger partial charge in [0.2, 0.25) is 0 Å². The fraction of sp³-hybridized carbons (Fsp3) is 0.381. The normalized spacial score (nSPS) is 11.0. The second kappa shape index (κ2) is 9.01. The number of thiophene rings is 1. The zero-order valence-corrected chi connectivity index (χ0v) is 17.2. The first kappa shape index (κ1) is 20.1. The molecule has 0 radical (unpaired) electrons. The smallest absolute Gasteiger partial charge is 0.354 e. The van der Waals surface area contributed by atoms with Crippen LogP contribution in [0.15, 0.2) is 35.4 Å². The van der Waals surface area contributed by atoms with E-state index >= 15 is 0 Å². The third-order valence-corrected chi connectivity index (χ3v) is 5.67. The first-order valence-electron chi connectivity index (χ1n) is 9.48. The summed E-state index contributed by atoms with van der Waals surface area (Å²) >= 11 is 1.18. The first-order valence-corrected chi connectivity index (χ1v) is 10.3. The molecular formula is C21H24N2O4S. The molecule has 2 aromatic heterocycles. The topological polar surface area (TPSA) is 70.4 Å². The van der Waals surface area contributed by atoms with Crippen molar-refractivity contribution < 1.29 is 14.3 Å². The maximum absolute atomic E-state index is 12.6. The van der Waals surface area contributed by atoms with Gasteiger partial charge < -0.3 is 9.47 Å². The van der Waals surface area contributed by atoms with Crippen LogP contribution in [0.3, 0.4) is 0 Å². The van der Waals surface area contributed by atoms with Crippen LogP contribution < -0.4 is 15.0 Å². The highest BCUT2D eigenvalue weighted by Crippen LogP contribution is 2.28. The Morgan fingerprint density at radius 2 is 1.86 bits per heavy atom. The number of aromatic nitrogens is 2. The average molecular weight is 401 g/mol. The van der Waals surface area contributed by atoms with E-state index in [1.54, 1.807) is 31.2 Å². The Morgan fingerprint density at radius 1 is 1.14 bits per heavy atom. The average Bonchev–Trinajstić information content (AvgIpc) is 3.04. The molecule has 6 nitrogen and oxygen atoms in total. The number of carbonyl (C=O) groups excluding carboxylic acids is 1. The quantitative estimate of drug-likeness (QED) is 0.315. The van der Waals surface area contributed by atoms with Crippen LogP contribution in [-0.2, 0) is 6.54 Å². The van der Waals surface area contributed by atoms with Gasteiger partial charge in [0.15, 0.2) is 0 Å². The molecular weight excluding hydrogens is 376 g/mol. The number of carbonyl (C=O) groups is 1. The van der Waals surface area contributed by atoms with Crippen LogP contribution in [0.5, 0.6) is 11.5 Å². The number of esters is 1. The number of fused-ring (bicyclic) bond motifs is 1. The molecule has 0 atom stereocenters. The molecule has 0 fully saturated rings. The lowest BCUT2D eigenvalue weighted by atomic mass is 10.2. The van der Waals surface area contributed by atoms with Crippen molar-refractivity contribution in [2.45, 2.75) is 46.6 Å². The van der Waals surface area contributed by atoms with Crippen molar-refractivity contribution >= 4 is 27.5 Å². The lowest BCUT2D eigenvalue weighted by molar-refractivity contribution is 0.0739. The molecule has 0 N–H and O–H groups in total. The summed E-state index contributed by atoms with van der Waals surface area (Å²) in [6.45, 7) is 6.99. The summed E-state index contributed by atoms with van der Waals surface area (Å²) in [6, 6.07) is 6.98. The Balaban J connectivity index is 1.73. The lowest BCUT2D eigenvalue weighted by Gasteiger charge is -2.07. The van der Waals surface area contributed by atoms with Gasteiger partial charge in [-0.15, -0.1) is 11.3 Å². The van der Waals surface area contributed by atoms with E-state index in [0.717, 1.165) is 25.0 Å². The summed E-state index contributed by atoms with van der Waals surface area (Å²) in [4.78, 5) is 30.4. The molecule has 0 unspecified atom stereocenters. The second-order valence-electron chi connectivity index (χ2n) is 6.49. The van der Waals surface area contributed by atoms with E-state index in [0.29, 0.717) is 39.6 Å². The van der Waals surface area contributed by atoms with Crippen LogP contribution in [0.4, 0.5) is 0 Å². The summed E-state index contributed by atoms with van der Waals surface area (Å²) in [5.41, 5.74) is 0.478. The van der Waals surface area contributed by atoms with E-state index in [9.17, 15) is 9.59 Å². The van der Waals surface area contributed by atoms with Gasteiger partial charge in [-0.2, -0.15) is 0 Å². The molecule has 0 aliphatic heterocycles. The maximum atomic E-state index is 12.6. The number of rotatable bonds is 8. The van der Waals surface area contributed by atoms with Crippen LogP contribution in [-0.4, -0.2) is 22.1 Å². The Labute approximate surface area is 167 Å². The number of hydrogen-bond acceptors (Lipinski definition) is 6. The molecule has 2 heterocycles. The molecule has 28 heavy (non-hydrogen) atoms. The Morgan fingerprint density at radius 3 is 2.54 bits per heavy atom. The maximum Gasteiger partial charge on any atom is 0.354 e. The van der Waals surface area contributed by atoms with Crippen molar-refractivity contribution in [3.05, 3.63) is 51.4 Å². The van der Waals surface area contributed by atoms with Crippen molar-refractivity contribution in [1.82, 2.24) is 9.55 Å². The van der Waals surface area contributed by atoms with Crippen LogP contribution in [0.25, 0.3) is 10.2 Å². The predicted octanol–water partition coefficient (Wildman–Crippen LogP) is 4.57. The van der Waals surface area contributed by atoms with Gasteiger partial charge in [-0.1, -0.05) is 19.8 Å². The van der Waals surface area contributed by atoms with Crippen LogP contribution in [0, 0.1) is 6.92 Å². The number of benzene rings is 1. The molecule has 7 heteroatoms. The Bertz CT molecular complexity index is 1020. The molecule has 3 aromatic rings. The monoisotopic (exact) mass is 400 g/mol. The predicted molar refractivity (Wildman–Crippen MR) is 111 cm³/mol. The van der Waals surface area contributed by atoms with Crippen molar-refractivity contribution in [3.8, 4) is 11.5 Å². The summed E-state index contributed by atoms with van der Waals surface area (Å²) in [6.07, 6.45) is 4.82. The van der Waals surface area contributed by atoms with Gasteiger partial charge in [0, 0.05) is 6.54 Å². The van der Waals surface area contributed by atoms with E-state index in [2.05, 4.69) is 11.9 Å².